The summed E-state index contributed by atoms with van der Waals surface area (Å²) in [6.07, 6.45) is 2.58. The van der Waals surface area contributed by atoms with E-state index >= 15 is 0 Å². The molecular formula is C11H16ClN5O3S. The minimum Gasteiger partial charge on any atom is -0.361 e. The Morgan fingerprint density at radius 3 is 2.95 bits per heavy atom. The fraction of sp³-hybridized carbons (Fsp3) is 0.636. The highest BCUT2D eigenvalue weighted by Gasteiger charge is 2.30. The zero-order valence-electron chi connectivity index (χ0n) is 11.6. The summed E-state index contributed by atoms with van der Waals surface area (Å²) in [6, 6.07) is 0. The quantitative estimate of drug-likeness (QED) is 0.430. The summed E-state index contributed by atoms with van der Waals surface area (Å²) in [5, 5.41) is 13.5. The molecule has 2 rings (SSSR count). The summed E-state index contributed by atoms with van der Waals surface area (Å²) in [7, 11) is 0. The van der Waals surface area contributed by atoms with Crippen molar-refractivity contribution in [3.63, 3.8) is 0 Å². The molecule has 0 N–H and O–H groups in total. The predicted molar refractivity (Wildman–Crippen MR) is 79.8 cm³/mol. The number of hydrogen-bond donors (Lipinski definition) is 0. The van der Waals surface area contributed by atoms with Gasteiger partial charge in [0.25, 0.3) is 5.96 Å². The highest BCUT2D eigenvalue weighted by atomic mass is 35.5. The van der Waals surface area contributed by atoms with E-state index in [1.807, 2.05) is 11.8 Å². The molecule has 2 heterocycles. The maximum Gasteiger partial charge on any atom is 0.276 e. The van der Waals surface area contributed by atoms with Gasteiger partial charge in [0.05, 0.1) is 6.54 Å². The number of guanidine groups is 1. The molecule has 0 radical (unpaired) electrons. The molecule has 0 unspecified atom stereocenters. The van der Waals surface area contributed by atoms with E-state index in [2.05, 4.69) is 10.1 Å². The number of halogens is 1. The van der Waals surface area contributed by atoms with Crippen LogP contribution in [0.3, 0.4) is 0 Å². The largest absolute Gasteiger partial charge is 0.361 e. The first-order valence-corrected chi connectivity index (χ1v) is 7.70. The summed E-state index contributed by atoms with van der Waals surface area (Å²) in [5.74, 6) is 0.320. The van der Waals surface area contributed by atoms with Crippen molar-refractivity contribution in [2.75, 3.05) is 26.4 Å². The van der Waals surface area contributed by atoms with Gasteiger partial charge in [0.1, 0.15) is 11.8 Å². The van der Waals surface area contributed by atoms with E-state index in [0.717, 1.165) is 11.3 Å². The number of ether oxygens (including phenoxy) is 1. The van der Waals surface area contributed by atoms with E-state index in [0.29, 0.717) is 43.4 Å². The molecule has 0 atom stereocenters. The summed E-state index contributed by atoms with van der Waals surface area (Å²) in [4.78, 5) is 19.2. The van der Waals surface area contributed by atoms with E-state index in [-0.39, 0.29) is 0 Å². The molecule has 0 amide bonds. The lowest BCUT2D eigenvalue weighted by atomic mass is 10.5. The molecule has 0 saturated carbocycles. The molecule has 10 heteroatoms. The van der Waals surface area contributed by atoms with Crippen LogP contribution in [0.5, 0.6) is 0 Å². The van der Waals surface area contributed by atoms with Gasteiger partial charge in [-0.3, -0.25) is 0 Å². The summed E-state index contributed by atoms with van der Waals surface area (Å²) in [6.45, 7) is 4.73. The third-order valence-corrected chi connectivity index (χ3v) is 3.94. The maximum atomic E-state index is 10.7. The van der Waals surface area contributed by atoms with E-state index < -0.39 is 5.03 Å². The number of hydrazone groups is 1. The van der Waals surface area contributed by atoms with Crippen molar-refractivity contribution >= 4 is 28.9 Å². The van der Waals surface area contributed by atoms with Gasteiger partial charge in [-0.05, 0) is 6.42 Å². The van der Waals surface area contributed by atoms with Gasteiger partial charge in [-0.1, -0.05) is 18.5 Å². The summed E-state index contributed by atoms with van der Waals surface area (Å²) >= 11 is 7.16. The van der Waals surface area contributed by atoms with E-state index in [4.69, 9.17) is 16.3 Å². The van der Waals surface area contributed by atoms with Gasteiger partial charge in [-0.25, -0.2) is 15.1 Å². The van der Waals surface area contributed by atoms with Gasteiger partial charge in [0.2, 0.25) is 0 Å². The monoisotopic (exact) mass is 333 g/mol. The minimum absolute atomic E-state index is 0.306. The fourth-order valence-corrected chi connectivity index (χ4v) is 2.97. The van der Waals surface area contributed by atoms with Crippen LogP contribution < -0.4 is 0 Å². The Hall–Kier alpha value is -1.45. The Balaban J connectivity index is 2.04. The van der Waals surface area contributed by atoms with Crippen molar-refractivity contribution in [1.82, 2.24) is 14.8 Å². The summed E-state index contributed by atoms with van der Waals surface area (Å²) in [5.41, 5.74) is 0. The zero-order chi connectivity index (χ0) is 15.2. The molecule has 0 aromatic carbocycles. The third-order valence-electron chi connectivity index (χ3n) is 2.84. The molecule has 21 heavy (non-hydrogen) atoms. The van der Waals surface area contributed by atoms with Gasteiger partial charge >= 0.3 is 0 Å². The van der Waals surface area contributed by atoms with Crippen molar-refractivity contribution in [3.8, 4) is 0 Å². The lowest BCUT2D eigenvalue weighted by Crippen LogP contribution is -2.35. The molecule has 0 bridgehead atoms. The first kappa shape index (κ1) is 15.9. The van der Waals surface area contributed by atoms with Crippen LogP contribution in [0.2, 0.25) is 4.47 Å². The number of hydrogen-bond acceptors (Lipinski definition) is 5. The van der Waals surface area contributed by atoms with Crippen LogP contribution in [0.1, 0.15) is 18.2 Å². The number of aromatic nitrogens is 1. The molecule has 0 aliphatic carbocycles. The van der Waals surface area contributed by atoms with Crippen LogP contribution in [-0.2, 0) is 11.3 Å². The van der Waals surface area contributed by atoms with Crippen LogP contribution in [0.4, 0.5) is 0 Å². The topological polar surface area (TPSA) is 84.1 Å². The zero-order valence-corrected chi connectivity index (χ0v) is 13.1. The predicted octanol–water partition coefficient (Wildman–Crippen LogP) is 1.85. The van der Waals surface area contributed by atoms with Crippen LogP contribution >= 0.6 is 22.9 Å². The van der Waals surface area contributed by atoms with Gasteiger partial charge in [-0.2, -0.15) is 0 Å². The number of nitro groups is 1. The Kier molecular flexibility index (Phi) is 5.71. The van der Waals surface area contributed by atoms with Crippen molar-refractivity contribution in [2.45, 2.75) is 19.9 Å². The first-order valence-electron chi connectivity index (χ1n) is 6.51. The van der Waals surface area contributed by atoms with Crippen LogP contribution in [0.15, 0.2) is 11.3 Å². The SMILES string of the molecule is CCCOCN1CCN(Cc2cnc(Cl)s2)/C1=N\[N+](=O)[O-]. The van der Waals surface area contributed by atoms with Crippen LogP contribution in [-0.4, -0.2) is 52.2 Å². The first-order chi connectivity index (χ1) is 10.1. The maximum absolute atomic E-state index is 10.7. The van der Waals surface area contributed by atoms with Gasteiger partial charge in [0.15, 0.2) is 9.50 Å². The number of rotatable bonds is 7. The van der Waals surface area contributed by atoms with E-state index in [1.165, 1.54) is 11.3 Å². The van der Waals surface area contributed by atoms with E-state index in [1.54, 1.807) is 11.1 Å². The van der Waals surface area contributed by atoms with Gasteiger partial charge in [0, 0.05) is 30.8 Å². The van der Waals surface area contributed by atoms with Crippen molar-refractivity contribution in [2.24, 2.45) is 5.10 Å². The molecule has 1 aromatic rings. The lowest BCUT2D eigenvalue weighted by molar-refractivity contribution is -0.486. The summed E-state index contributed by atoms with van der Waals surface area (Å²) < 4.78 is 5.90. The molecule has 1 aliphatic heterocycles. The minimum atomic E-state index is -0.680. The molecule has 1 aromatic heterocycles. The standard InChI is InChI=1S/C11H16ClN5O3S/c1-2-5-20-8-16-4-3-15(11(16)14-17(18)19)7-9-6-13-10(12)21-9/h6H,2-5,7-8H2,1H3/b14-11+. The molecule has 116 valence electrons. The van der Waals surface area contributed by atoms with Gasteiger partial charge in [-0.15, -0.1) is 11.3 Å². The Morgan fingerprint density at radius 1 is 1.57 bits per heavy atom. The molecule has 0 spiro atoms. The second kappa shape index (κ2) is 7.53. The second-order valence-corrected chi connectivity index (χ2v) is 6.14. The fourth-order valence-electron chi connectivity index (χ4n) is 1.98. The van der Waals surface area contributed by atoms with Crippen LogP contribution in [0, 0.1) is 10.1 Å². The molecule has 1 aliphatic rings. The average Bonchev–Trinajstić information content (AvgIpc) is 2.99. The highest BCUT2D eigenvalue weighted by Crippen LogP contribution is 2.21. The molecule has 1 fully saturated rings. The van der Waals surface area contributed by atoms with Crippen molar-refractivity contribution in [1.29, 1.82) is 0 Å². The molecular weight excluding hydrogens is 318 g/mol. The van der Waals surface area contributed by atoms with E-state index in [9.17, 15) is 10.1 Å². The van der Waals surface area contributed by atoms with Gasteiger partial charge < -0.3 is 14.5 Å². The third kappa shape index (κ3) is 4.51. The Bertz CT molecular complexity index is 524. The highest BCUT2D eigenvalue weighted by molar-refractivity contribution is 7.15. The van der Waals surface area contributed by atoms with Crippen LogP contribution in [0.25, 0.3) is 0 Å². The average molecular weight is 334 g/mol. The molecule has 8 nitrogen and oxygen atoms in total. The Labute approximate surface area is 131 Å². The number of nitrogens with zero attached hydrogens (tertiary/aromatic N) is 5. The Morgan fingerprint density at radius 2 is 2.33 bits per heavy atom. The smallest absolute Gasteiger partial charge is 0.276 e. The lowest BCUT2D eigenvalue weighted by Gasteiger charge is -2.19. The second-order valence-electron chi connectivity index (χ2n) is 4.44. The van der Waals surface area contributed by atoms with Crippen molar-refractivity contribution in [3.05, 3.63) is 25.7 Å². The molecule has 1 saturated heterocycles. The van der Waals surface area contributed by atoms with Crippen molar-refractivity contribution < 1.29 is 9.77 Å². The number of thiazole rings is 1. The normalized spacial score (nSPS) is 17.0.